The standard InChI is InChI=1S/C18H22N2O3S/c1-12-8-9-17(14(3)10-12)24(22,23)19-11-18(21)20-16-7-5-6-13(2)15(16)4/h5-10,19H,11H2,1-4H3,(H,20,21). The summed E-state index contributed by atoms with van der Waals surface area (Å²) in [5.74, 6) is -0.406. The summed E-state index contributed by atoms with van der Waals surface area (Å²) in [4.78, 5) is 12.2. The van der Waals surface area contributed by atoms with Crippen LogP contribution < -0.4 is 10.0 Å². The molecule has 0 heterocycles. The summed E-state index contributed by atoms with van der Waals surface area (Å²) in [7, 11) is -3.72. The van der Waals surface area contributed by atoms with E-state index in [1.54, 1.807) is 31.2 Å². The van der Waals surface area contributed by atoms with E-state index in [-0.39, 0.29) is 11.4 Å². The summed E-state index contributed by atoms with van der Waals surface area (Å²) in [6, 6.07) is 10.7. The van der Waals surface area contributed by atoms with Gasteiger partial charge in [0.2, 0.25) is 15.9 Å². The van der Waals surface area contributed by atoms with Gasteiger partial charge in [0.15, 0.2) is 0 Å². The molecular weight excluding hydrogens is 324 g/mol. The first-order valence-corrected chi connectivity index (χ1v) is 9.12. The van der Waals surface area contributed by atoms with Crippen molar-refractivity contribution in [2.75, 3.05) is 11.9 Å². The predicted molar refractivity (Wildman–Crippen MR) is 95.7 cm³/mol. The van der Waals surface area contributed by atoms with Gasteiger partial charge in [0.05, 0.1) is 11.4 Å². The molecule has 2 aromatic rings. The highest BCUT2D eigenvalue weighted by Gasteiger charge is 2.18. The van der Waals surface area contributed by atoms with E-state index < -0.39 is 15.9 Å². The molecule has 2 aromatic carbocycles. The number of rotatable bonds is 5. The van der Waals surface area contributed by atoms with E-state index >= 15 is 0 Å². The lowest BCUT2D eigenvalue weighted by Gasteiger charge is -2.12. The first kappa shape index (κ1) is 18.2. The fourth-order valence-electron chi connectivity index (χ4n) is 2.42. The number of carbonyl (C=O) groups excluding carboxylic acids is 1. The maximum absolute atomic E-state index is 12.4. The largest absolute Gasteiger partial charge is 0.325 e. The molecule has 2 rings (SSSR count). The summed E-state index contributed by atoms with van der Waals surface area (Å²) in [5.41, 5.74) is 4.34. The molecule has 24 heavy (non-hydrogen) atoms. The molecule has 6 heteroatoms. The van der Waals surface area contributed by atoms with Crippen molar-refractivity contribution in [3.05, 3.63) is 58.7 Å². The van der Waals surface area contributed by atoms with Crippen LogP contribution in [0.1, 0.15) is 22.3 Å². The third-order valence-electron chi connectivity index (χ3n) is 3.92. The molecule has 0 aliphatic carbocycles. The van der Waals surface area contributed by atoms with Crippen molar-refractivity contribution in [1.29, 1.82) is 0 Å². The van der Waals surface area contributed by atoms with E-state index in [0.717, 1.165) is 16.7 Å². The van der Waals surface area contributed by atoms with Crippen LogP contribution in [0.5, 0.6) is 0 Å². The second kappa shape index (κ2) is 7.15. The molecule has 0 bridgehead atoms. The number of hydrogen-bond acceptors (Lipinski definition) is 3. The molecule has 1 amide bonds. The lowest BCUT2D eigenvalue weighted by atomic mass is 10.1. The Morgan fingerprint density at radius 3 is 2.38 bits per heavy atom. The highest BCUT2D eigenvalue weighted by molar-refractivity contribution is 7.89. The van der Waals surface area contributed by atoms with Crippen LogP contribution in [0.25, 0.3) is 0 Å². The van der Waals surface area contributed by atoms with Gasteiger partial charge in [-0.2, -0.15) is 0 Å². The zero-order valence-corrected chi connectivity index (χ0v) is 15.1. The number of nitrogens with one attached hydrogen (secondary N) is 2. The Labute approximate surface area is 143 Å². The average molecular weight is 346 g/mol. The average Bonchev–Trinajstić information content (AvgIpc) is 2.49. The van der Waals surface area contributed by atoms with Crippen molar-refractivity contribution in [2.45, 2.75) is 32.6 Å². The van der Waals surface area contributed by atoms with E-state index in [9.17, 15) is 13.2 Å². The van der Waals surface area contributed by atoms with Crippen LogP contribution in [0.3, 0.4) is 0 Å². The van der Waals surface area contributed by atoms with Gasteiger partial charge in [0.1, 0.15) is 0 Å². The van der Waals surface area contributed by atoms with E-state index in [2.05, 4.69) is 10.0 Å². The fraction of sp³-hybridized carbons (Fsp3) is 0.278. The zero-order valence-electron chi connectivity index (χ0n) is 14.3. The van der Waals surface area contributed by atoms with Crippen molar-refractivity contribution in [3.63, 3.8) is 0 Å². The van der Waals surface area contributed by atoms with Crippen LogP contribution in [0.4, 0.5) is 5.69 Å². The number of amides is 1. The van der Waals surface area contributed by atoms with Crippen LogP contribution in [0.2, 0.25) is 0 Å². The normalized spacial score (nSPS) is 11.3. The summed E-state index contributed by atoms with van der Waals surface area (Å²) < 4.78 is 27.1. The summed E-state index contributed by atoms with van der Waals surface area (Å²) in [5, 5.41) is 2.73. The van der Waals surface area contributed by atoms with Gasteiger partial charge in [-0.05, 0) is 56.5 Å². The first-order chi connectivity index (χ1) is 11.2. The lowest BCUT2D eigenvalue weighted by Crippen LogP contribution is -2.33. The Morgan fingerprint density at radius 1 is 1.00 bits per heavy atom. The van der Waals surface area contributed by atoms with E-state index in [1.165, 1.54) is 0 Å². The number of carbonyl (C=O) groups is 1. The van der Waals surface area contributed by atoms with Gasteiger partial charge in [0, 0.05) is 5.69 Å². The molecule has 0 fully saturated rings. The molecule has 0 saturated carbocycles. The number of sulfonamides is 1. The van der Waals surface area contributed by atoms with Crippen LogP contribution in [0, 0.1) is 27.7 Å². The predicted octanol–water partition coefficient (Wildman–Crippen LogP) is 2.84. The van der Waals surface area contributed by atoms with Crippen molar-refractivity contribution < 1.29 is 13.2 Å². The molecule has 0 aliphatic heterocycles. The third-order valence-corrected chi connectivity index (χ3v) is 5.48. The van der Waals surface area contributed by atoms with Crippen LogP contribution >= 0.6 is 0 Å². The number of anilines is 1. The Morgan fingerprint density at radius 2 is 1.71 bits per heavy atom. The molecule has 0 saturated heterocycles. The molecule has 2 N–H and O–H groups in total. The minimum Gasteiger partial charge on any atom is -0.325 e. The Kier molecular flexibility index (Phi) is 5.41. The fourth-order valence-corrected chi connectivity index (χ4v) is 3.63. The summed E-state index contributed by atoms with van der Waals surface area (Å²) in [6.07, 6.45) is 0. The van der Waals surface area contributed by atoms with Gasteiger partial charge in [-0.1, -0.05) is 29.8 Å². The zero-order chi connectivity index (χ0) is 17.9. The second-order valence-corrected chi connectivity index (χ2v) is 7.62. The van der Waals surface area contributed by atoms with Gasteiger partial charge in [-0.25, -0.2) is 13.1 Å². The van der Waals surface area contributed by atoms with Gasteiger partial charge in [0.25, 0.3) is 0 Å². The molecule has 0 radical (unpaired) electrons. The lowest BCUT2D eigenvalue weighted by molar-refractivity contribution is -0.115. The third kappa shape index (κ3) is 4.21. The maximum Gasteiger partial charge on any atom is 0.241 e. The number of hydrogen-bond donors (Lipinski definition) is 2. The molecular formula is C18H22N2O3S. The Hall–Kier alpha value is -2.18. The smallest absolute Gasteiger partial charge is 0.241 e. The minimum atomic E-state index is -3.72. The first-order valence-electron chi connectivity index (χ1n) is 7.63. The molecule has 5 nitrogen and oxygen atoms in total. The van der Waals surface area contributed by atoms with Crippen molar-refractivity contribution in [3.8, 4) is 0 Å². The van der Waals surface area contributed by atoms with E-state index in [0.29, 0.717) is 11.3 Å². The van der Waals surface area contributed by atoms with Gasteiger partial charge in [-0.3, -0.25) is 4.79 Å². The SMILES string of the molecule is Cc1ccc(S(=O)(=O)NCC(=O)Nc2cccc(C)c2C)c(C)c1. The number of benzene rings is 2. The maximum atomic E-state index is 12.4. The summed E-state index contributed by atoms with van der Waals surface area (Å²) in [6.45, 7) is 7.17. The van der Waals surface area contributed by atoms with Crippen molar-refractivity contribution in [1.82, 2.24) is 4.72 Å². The molecule has 0 spiro atoms. The highest BCUT2D eigenvalue weighted by Crippen LogP contribution is 2.18. The molecule has 0 unspecified atom stereocenters. The second-order valence-electron chi connectivity index (χ2n) is 5.89. The van der Waals surface area contributed by atoms with Gasteiger partial charge in [-0.15, -0.1) is 0 Å². The van der Waals surface area contributed by atoms with Gasteiger partial charge >= 0.3 is 0 Å². The molecule has 128 valence electrons. The van der Waals surface area contributed by atoms with E-state index in [1.807, 2.05) is 32.9 Å². The summed E-state index contributed by atoms with van der Waals surface area (Å²) >= 11 is 0. The van der Waals surface area contributed by atoms with Crippen LogP contribution in [-0.4, -0.2) is 20.9 Å². The number of aryl methyl sites for hydroxylation is 3. The highest BCUT2D eigenvalue weighted by atomic mass is 32.2. The molecule has 0 atom stereocenters. The monoisotopic (exact) mass is 346 g/mol. The Balaban J connectivity index is 2.06. The van der Waals surface area contributed by atoms with Crippen LogP contribution in [-0.2, 0) is 14.8 Å². The van der Waals surface area contributed by atoms with E-state index in [4.69, 9.17) is 0 Å². The molecule has 0 aliphatic rings. The van der Waals surface area contributed by atoms with Crippen LogP contribution in [0.15, 0.2) is 41.3 Å². The van der Waals surface area contributed by atoms with Crippen molar-refractivity contribution in [2.24, 2.45) is 0 Å². The quantitative estimate of drug-likeness (QED) is 0.874. The topological polar surface area (TPSA) is 75.3 Å². The van der Waals surface area contributed by atoms with Crippen molar-refractivity contribution >= 4 is 21.6 Å². The molecule has 0 aromatic heterocycles. The Bertz CT molecular complexity index is 874. The minimum absolute atomic E-state index is 0.188. The van der Waals surface area contributed by atoms with Gasteiger partial charge < -0.3 is 5.32 Å².